The summed E-state index contributed by atoms with van der Waals surface area (Å²) in [7, 11) is 0.846. The highest BCUT2D eigenvalue weighted by molar-refractivity contribution is 6.59. The van der Waals surface area contributed by atoms with Crippen LogP contribution >= 0.6 is 0 Å². The number of benzene rings is 1. The third kappa shape index (κ3) is 4.06. The lowest BCUT2D eigenvalue weighted by molar-refractivity contribution is 0.0691. The zero-order valence-electron chi connectivity index (χ0n) is 10.4. The van der Waals surface area contributed by atoms with Crippen molar-refractivity contribution in [2.45, 2.75) is 26.0 Å². The second kappa shape index (κ2) is 6.15. The monoisotopic (exact) mass is 240 g/mol. The Balaban J connectivity index is 2.50. The molecule has 1 atom stereocenters. The van der Waals surface area contributed by atoms with E-state index in [9.17, 15) is 0 Å². The lowest BCUT2D eigenvalue weighted by Crippen LogP contribution is -2.43. The van der Waals surface area contributed by atoms with Crippen LogP contribution in [0.3, 0.4) is 0 Å². The van der Waals surface area contributed by atoms with E-state index in [4.69, 9.17) is 13.3 Å². The van der Waals surface area contributed by atoms with Gasteiger partial charge in [0.1, 0.15) is 0 Å². The Kier molecular flexibility index (Phi) is 5.14. The Hall–Kier alpha value is -0.683. The molecule has 0 aromatic heterocycles. The Bertz CT molecular complexity index is 298. The van der Waals surface area contributed by atoms with Crippen LogP contribution in [0.2, 0.25) is 6.55 Å². The van der Waals surface area contributed by atoms with Gasteiger partial charge in [-0.05, 0) is 18.9 Å². The average Bonchev–Trinajstić information content (AvgIpc) is 2.30. The highest BCUT2D eigenvalue weighted by Gasteiger charge is 2.33. The fourth-order valence-electron chi connectivity index (χ4n) is 1.53. The highest BCUT2D eigenvalue weighted by Crippen LogP contribution is 2.13. The first-order valence-electron chi connectivity index (χ1n) is 5.41. The molecule has 16 heavy (non-hydrogen) atoms. The Morgan fingerprint density at radius 1 is 1.12 bits per heavy atom. The third-order valence-corrected chi connectivity index (χ3v) is 4.84. The van der Waals surface area contributed by atoms with Gasteiger partial charge in [0.2, 0.25) is 0 Å². The Labute approximate surface area is 98.7 Å². The van der Waals surface area contributed by atoms with E-state index in [1.807, 2.05) is 31.7 Å². The number of rotatable bonds is 6. The van der Waals surface area contributed by atoms with E-state index in [1.165, 1.54) is 5.56 Å². The first kappa shape index (κ1) is 13.4. The standard InChI is InChI=1S/C12H20O3Si/c1-11(15-16(4,13-2)14-3)10-12-8-6-5-7-9-12/h5-9,11H,10H2,1-4H3. The van der Waals surface area contributed by atoms with Crippen molar-refractivity contribution in [2.24, 2.45) is 0 Å². The van der Waals surface area contributed by atoms with Crippen LogP contribution in [-0.2, 0) is 19.7 Å². The zero-order chi connectivity index (χ0) is 12.0. The predicted molar refractivity (Wildman–Crippen MR) is 66.3 cm³/mol. The van der Waals surface area contributed by atoms with Gasteiger partial charge in [-0.25, -0.2) is 0 Å². The minimum atomic E-state index is -2.41. The van der Waals surface area contributed by atoms with Crippen LogP contribution in [0.4, 0.5) is 0 Å². The molecule has 90 valence electrons. The van der Waals surface area contributed by atoms with Gasteiger partial charge in [0.05, 0.1) is 6.10 Å². The van der Waals surface area contributed by atoms with Gasteiger partial charge >= 0.3 is 8.80 Å². The maximum absolute atomic E-state index is 5.83. The molecule has 4 heteroatoms. The molecule has 0 aliphatic carbocycles. The average molecular weight is 240 g/mol. The zero-order valence-corrected chi connectivity index (χ0v) is 11.4. The van der Waals surface area contributed by atoms with E-state index in [1.54, 1.807) is 14.2 Å². The summed E-state index contributed by atoms with van der Waals surface area (Å²) in [4.78, 5) is 0. The Morgan fingerprint density at radius 3 is 2.19 bits per heavy atom. The third-order valence-electron chi connectivity index (χ3n) is 2.52. The van der Waals surface area contributed by atoms with E-state index in [-0.39, 0.29) is 6.10 Å². The molecule has 0 N–H and O–H groups in total. The summed E-state index contributed by atoms with van der Waals surface area (Å²) in [5.41, 5.74) is 1.26. The molecule has 1 aromatic carbocycles. The molecule has 0 bridgehead atoms. The van der Waals surface area contributed by atoms with Crippen LogP contribution in [0.25, 0.3) is 0 Å². The number of hydrogen-bond acceptors (Lipinski definition) is 3. The quantitative estimate of drug-likeness (QED) is 0.715. The summed E-state index contributed by atoms with van der Waals surface area (Å²) in [6.45, 7) is 3.94. The molecule has 0 aliphatic rings. The predicted octanol–water partition coefficient (Wildman–Crippen LogP) is 2.50. The van der Waals surface area contributed by atoms with Gasteiger partial charge in [-0.3, -0.25) is 0 Å². The van der Waals surface area contributed by atoms with Gasteiger partial charge < -0.3 is 13.3 Å². The van der Waals surface area contributed by atoms with Crippen LogP contribution in [-0.4, -0.2) is 29.1 Å². The SMILES string of the molecule is CO[Si](C)(OC)OC(C)Cc1ccccc1. The van der Waals surface area contributed by atoms with Gasteiger partial charge in [0.15, 0.2) is 0 Å². The van der Waals surface area contributed by atoms with E-state index < -0.39 is 8.80 Å². The van der Waals surface area contributed by atoms with Crippen LogP contribution in [0.15, 0.2) is 30.3 Å². The van der Waals surface area contributed by atoms with Crippen molar-refractivity contribution in [1.82, 2.24) is 0 Å². The van der Waals surface area contributed by atoms with Crippen molar-refractivity contribution in [2.75, 3.05) is 14.2 Å². The molecule has 0 saturated heterocycles. The smallest absolute Gasteiger partial charge is 0.377 e. The first-order valence-corrected chi connectivity index (χ1v) is 7.64. The van der Waals surface area contributed by atoms with Crippen LogP contribution < -0.4 is 0 Å². The van der Waals surface area contributed by atoms with E-state index >= 15 is 0 Å². The molecule has 0 radical (unpaired) electrons. The molecule has 1 unspecified atom stereocenters. The molecule has 3 nitrogen and oxygen atoms in total. The first-order chi connectivity index (χ1) is 7.59. The van der Waals surface area contributed by atoms with Gasteiger partial charge in [-0.15, -0.1) is 0 Å². The second-order valence-corrected chi connectivity index (χ2v) is 6.67. The molecule has 0 aliphatic heterocycles. The van der Waals surface area contributed by atoms with Crippen molar-refractivity contribution >= 4 is 8.80 Å². The molecule has 1 aromatic rings. The van der Waals surface area contributed by atoms with Gasteiger partial charge in [0, 0.05) is 20.8 Å². The van der Waals surface area contributed by atoms with Crippen molar-refractivity contribution in [3.05, 3.63) is 35.9 Å². The molecular weight excluding hydrogens is 220 g/mol. The van der Waals surface area contributed by atoms with Crippen molar-refractivity contribution in [3.63, 3.8) is 0 Å². The molecule has 0 spiro atoms. The molecule has 0 heterocycles. The topological polar surface area (TPSA) is 27.7 Å². The molecule has 0 amide bonds. The van der Waals surface area contributed by atoms with Crippen LogP contribution in [0, 0.1) is 0 Å². The second-order valence-electron chi connectivity index (χ2n) is 3.89. The van der Waals surface area contributed by atoms with E-state index in [0.29, 0.717) is 0 Å². The lowest BCUT2D eigenvalue weighted by atomic mass is 10.1. The fraction of sp³-hybridized carbons (Fsp3) is 0.500. The van der Waals surface area contributed by atoms with Gasteiger partial charge in [0.25, 0.3) is 0 Å². The highest BCUT2D eigenvalue weighted by atomic mass is 28.4. The van der Waals surface area contributed by atoms with Crippen molar-refractivity contribution < 1.29 is 13.3 Å². The van der Waals surface area contributed by atoms with Crippen LogP contribution in [0.1, 0.15) is 12.5 Å². The lowest BCUT2D eigenvalue weighted by Gasteiger charge is -2.26. The normalized spacial score (nSPS) is 13.8. The fourth-order valence-corrected chi connectivity index (χ4v) is 2.71. The van der Waals surface area contributed by atoms with Gasteiger partial charge in [-0.1, -0.05) is 30.3 Å². The summed E-state index contributed by atoms with van der Waals surface area (Å²) in [5, 5.41) is 0. The van der Waals surface area contributed by atoms with E-state index in [0.717, 1.165) is 6.42 Å². The van der Waals surface area contributed by atoms with Crippen molar-refractivity contribution in [1.29, 1.82) is 0 Å². The van der Waals surface area contributed by atoms with Crippen molar-refractivity contribution in [3.8, 4) is 0 Å². The minimum absolute atomic E-state index is 0.0963. The maximum Gasteiger partial charge on any atom is 0.497 e. The summed E-state index contributed by atoms with van der Waals surface area (Å²) < 4.78 is 16.4. The van der Waals surface area contributed by atoms with E-state index in [2.05, 4.69) is 12.1 Å². The molecule has 0 saturated carbocycles. The summed E-state index contributed by atoms with van der Waals surface area (Å²) in [5.74, 6) is 0. The summed E-state index contributed by atoms with van der Waals surface area (Å²) in [6, 6.07) is 10.3. The summed E-state index contributed by atoms with van der Waals surface area (Å²) >= 11 is 0. The van der Waals surface area contributed by atoms with Crippen LogP contribution in [0.5, 0.6) is 0 Å². The largest absolute Gasteiger partial charge is 0.497 e. The Morgan fingerprint density at radius 2 is 1.69 bits per heavy atom. The molecular formula is C12H20O3Si. The summed E-state index contributed by atoms with van der Waals surface area (Å²) in [6.07, 6.45) is 0.967. The maximum atomic E-state index is 5.83. The minimum Gasteiger partial charge on any atom is -0.377 e. The number of hydrogen-bond donors (Lipinski definition) is 0. The van der Waals surface area contributed by atoms with Gasteiger partial charge in [-0.2, -0.15) is 0 Å². The molecule has 1 rings (SSSR count). The molecule has 0 fully saturated rings.